The molecule has 0 aromatic rings. The van der Waals surface area contributed by atoms with Gasteiger partial charge in [-0.3, -0.25) is 0 Å². The van der Waals surface area contributed by atoms with Gasteiger partial charge >= 0.3 is 0 Å². The fourth-order valence-electron chi connectivity index (χ4n) is 2.94. The second-order valence-corrected chi connectivity index (χ2v) is 5.46. The average Bonchev–Trinajstić information content (AvgIpc) is 2.81. The quantitative estimate of drug-likeness (QED) is 0.668. The summed E-state index contributed by atoms with van der Waals surface area (Å²) in [6.07, 6.45) is 8.96. The molecule has 1 aliphatic carbocycles. The van der Waals surface area contributed by atoms with Crippen LogP contribution in [0, 0.1) is 11.3 Å². The molecular weight excluding hydrogens is 198 g/mol. The Labute approximate surface area is 101 Å². The fourth-order valence-corrected chi connectivity index (χ4v) is 2.94. The smallest absolute Gasteiger partial charge is 0.0436 e. The van der Waals surface area contributed by atoms with Gasteiger partial charge in [-0.2, -0.15) is 0 Å². The van der Waals surface area contributed by atoms with E-state index >= 15 is 0 Å². The molecule has 0 aliphatic heterocycles. The molecule has 0 unspecified atom stereocenters. The topological polar surface area (TPSA) is 32.3 Å². The van der Waals surface area contributed by atoms with E-state index in [1.54, 1.807) is 0 Å². The van der Waals surface area contributed by atoms with E-state index in [1.807, 2.05) is 0 Å². The zero-order valence-electron chi connectivity index (χ0n) is 11.1. The van der Waals surface area contributed by atoms with Gasteiger partial charge in [0.1, 0.15) is 0 Å². The molecule has 0 heterocycles. The van der Waals surface area contributed by atoms with Crippen molar-refractivity contribution in [2.75, 3.05) is 19.7 Å². The van der Waals surface area contributed by atoms with Crippen molar-refractivity contribution >= 4 is 0 Å². The zero-order chi connectivity index (χ0) is 11.9. The summed E-state index contributed by atoms with van der Waals surface area (Å²) in [4.78, 5) is 0. The minimum absolute atomic E-state index is 0.326. The Bertz CT molecular complexity index is 172. The maximum absolute atomic E-state index is 9.15. The largest absolute Gasteiger partial charge is 0.396 e. The Kier molecular flexibility index (Phi) is 6.37. The lowest BCUT2D eigenvalue weighted by Crippen LogP contribution is -2.36. The first kappa shape index (κ1) is 14.0. The second kappa shape index (κ2) is 7.29. The van der Waals surface area contributed by atoms with Gasteiger partial charge in [0.25, 0.3) is 0 Å². The summed E-state index contributed by atoms with van der Waals surface area (Å²) in [6.45, 7) is 7.09. The van der Waals surface area contributed by atoms with Crippen LogP contribution < -0.4 is 5.32 Å². The van der Waals surface area contributed by atoms with Gasteiger partial charge in [0.2, 0.25) is 0 Å². The minimum atomic E-state index is 0.326. The van der Waals surface area contributed by atoms with Gasteiger partial charge in [0, 0.05) is 13.2 Å². The number of hydrogen-bond donors (Lipinski definition) is 2. The van der Waals surface area contributed by atoms with Gasteiger partial charge < -0.3 is 10.4 Å². The van der Waals surface area contributed by atoms with Crippen LogP contribution in [0.1, 0.15) is 58.8 Å². The van der Waals surface area contributed by atoms with Crippen molar-refractivity contribution in [1.29, 1.82) is 0 Å². The molecule has 0 amide bonds. The van der Waals surface area contributed by atoms with Crippen molar-refractivity contribution in [2.45, 2.75) is 58.8 Å². The van der Waals surface area contributed by atoms with Crippen LogP contribution in [0.2, 0.25) is 0 Å². The van der Waals surface area contributed by atoms with E-state index in [1.165, 1.54) is 45.1 Å². The van der Waals surface area contributed by atoms with Crippen LogP contribution >= 0.6 is 0 Å². The first-order valence-electron chi connectivity index (χ1n) is 7.08. The normalized spacial score (nSPS) is 18.2. The van der Waals surface area contributed by atoms with Crippen LogP contribution in [0.5, 0.6) is 0 Å². The van der Waals surface area contributed by atoms with E-state index in [2.05, 4.69) is 19.2 Å². The third kappa shape index (κ3) is 4.06. The van der Waals surface area contributed by atoms with Gasteiger partial charge in [-0.25, -0.2) is 0 Å². The highest BCUT2D eigenvalue weighted by atomic mass is 16.3. The lowest BCUT2D eigenvalue weighted by Gasteiger charge is -2.32. The average molecular weight is 227 g/mol. The van der Waals surface area contributed by atoms with Crippen LogP contribution in [0.25, 0.3) is 0 Å². The first-order valence-corrected chi connectivity index (χ1v) is 7.08. The maximum atomic E-state index is 9.15. The molecule has 2 N–H and O–H groups in total. The highest BCUT2D eigenvalue weighted by molar-refractivity contribution is 4.80. The number of nitrogens with one attached hydrogen (secondary N) is 1. The molecule has 2 nitrogen and oxygen atoms in total. The van der Waals surface area contributed by atoms with E-state index in [-0.39, 0.29) is 0 Å². The Morgan fingerprint density at radius 3 is 2.31 bits per heavy atom. The molecule has 0 saturated heterocycles. The third-order valence-electron chi connectivity index (χ3n) is 4.55. The lowest BCUT2D eigenvalue weighted by atomic mass is 9.79. The van der Waals surface area contributed by atoms with E-state index < -0.39 is 0 Å². The van der Waals surface area contributed by atoms with Gasteiger partial charge in [-0.1, -0.05) is 26.7 Å². The predicted octanol–water partition coefficient (Wildman–Crippen LogP) is 2.96. The molecule has 1 rings (SSSR count). The second-order valence-electron chi connectivity index (χ2n) is 5.46. The Morgan fingerprint density at radius 2 is 1.81 bits per heavy atom. The van der Waals surface area contributed by atoms with Crippen molar-refractivity contribution in [2.24, 2.45) is 11.3 Å². The van der Waals surface area contributed by atoms with E-state index in [0.29, 0.717) is 12.0 Å². The number of aliphatic hydroxyl groups excluding tert-OH is 1. The van der Waals surface area contributed by atoms with Crippen molar-refractivity contribution < 1.29 is 5.11 Å². The van der Waals surface area contributed by atoms with E-state index in [9.17, 15) is 0 Å². The SMILES string of the molecule is CCC(CC)(CCO)CNCC1CCCC1. The Balaban J connectivity index is 2.25. The number of hydrogen-bond acceptors (Lipinski definition) is 2. The molecule has 0 atom stereocenters. The van der Waals surface area contributed by atoms with Crippen molar-refractivity contribution in [3.63, 3.8) is 0 Å². The molecule has 1 saturated carbocycles. The lowest BCUT2D eigenvalue weighted by molar-refractivity contribution is 0.162. The van der Waals surface area contributed by atoms with Crippen LogP contribution in [-0.4, -0.2) is 24.8 Å². The standard InChI is InChI=1S/C14H29NO/c1-3-14(4-2,9-10-16)12-15-11-13-7-5-6-8-13/h13,15-16H,3-12H2,1-2H3. The monoisotopic (exact) mass is 227 g/mol. The highest BCUT2D eigenvalue weighted by Crippen LogP contribution is 2.30. The molecule has 16 heavy (non-hydrogen) atoms. The van der Waals surface area contributed by atoms with Crippen molar-refractivity contribution in [1.82, 2.24) is 5.32 Å². The molecule has 96 valence electrons. The van der Waals surface area contributed by atoms with Gasteiger partial charge in [-0.15, -0.1) is 0 Å². The summed E-state index contributed by atoms with van der Waals surface area (Å²) in [5.41, 5.74) is 0.327. The van der Waals surface area contributed by atoms with Crippen LogP contribution in [0.4, 0.5) is 0 Å². The minimum Gasteiger partial charge on any atom is -0.396 e. The van der Waals surface area contributed by atoms with Crippen molar-refractivity contribution in [3.8, 4) is 0 Å². The number of aliphatic hydroxyl groups is 1. The van der Waals surface area contributed by atoms with Gasteiger partial charge in [-0.05, 0) is 50.0 Å². The summed E-state index contributed by atoms with van der Waals surface area (Å²) in [7, 11) is 0. The maximum Gasteiger partial charge on any atom is 0.0436 e. The molecule has 0 radical (unpaired) electrons. The summed E-state index contributed by atoms with van der Waals surface area (Å²) < 4.78 is 0. The number of rotatable bonds is 8. The van der Waals surface area contributed by atoms with E-state index in [4.69, 9.17) is 5.11 Å². The molecule has 1 aliphatic rings. The molecule has 0 aromatic carbocycles. The highest BCUT2D eigenvalue weighted by Gasteiger charge is 2.25. The predicted molar refractivity (Wildman–Crippen MR) is 69.5 cm³/mol. The Morgan fingerprint density at radius 1 is 1.19 bits per heavy atom. The van der Waals surface area contributed by atoms with Gasteiger partial charge in [0.15, 0.2) is 0 Å². The van der Waals surface area contributed by atoms with E-state index in [0.717, 1.165) is 18.9 Å². The van der Waals surface area contributed by atoms with Gasteiger partial charge in [0.05, 0.1) is 0 Å². The van der Waals surface area contributed by atoms with Crippen LogP contribution in [-0.2, 0) is 0 Å². The first-order chi connectivity index (χ1) is 7.76. The van der Waals surface area contributed by atoms with Crippen LogP contribution in [0.15, 0.2) is 0 Å². The van der Waals surface area contributed by atoms with Crippen molar-refractivity contribution in [3.05, 3.63) is 0 Å². The molecule has 2 heteroatoms. The molecular formula is C14H29NO. The zero-order valence-corrected chi connectivity index (χ0v) is 11.1. The molecule has 0 bridgehead atoms. The summed E-state index contributed by atoms with van der Waals surface area (Å²) in [5, 5.41) is 12.8. The fraction of sp³-hybridized carbons (Fsp3) is 1.00. The summed E-state index contributed by atoms with van der Waals surface area (Å²) >= 11 is 0. The summed E-state index contributed by atoms with van der Waals surface area (Å²) in [6, 6.07) is 0. The molecule has 0 spiro atoms. The molecule has 1 fully saturated rings. The third-order valence-corrected chi connectivity index (χ3v) is 4.55. The summed E-state index contributed by atoms with van der Waals surface area (Å²) in [5.74, 6) is 0.917. The van der Waals surface area contributed by atoms with Crippen LogP contribution in [0.3, 0.4) is 0 Å². The molecule has 0 aromatic heterocycles. The Hall–Kier alpha value is -0.0800.